The molecule has 9 heteroatoms. The van der Waals surface area contributed by atoms with Gasteiger partial charge in [-0.15, -0.1) is 0 Å². The number of unbranched alkanes of at least 4 members (excludes halogenated alkanes) is 1. The molecular weight excluding hydrogens is 541 g/mol. The Hall–Kier alpha value is -4.27. The van der Waals surface area contributed by atoms with Gasteiger partial charge in [0.05, 0.1) is 19.8 Å². The molecular formula is C33H40FNO7. The number of carboxylic acid groups (broad SMARTS) is 1. The molecule has 0 radical (unpaired) electrons. The topological polar surface area (TPSA) is 106 Å². The number of hydrogen-bond acceptors (Lipinski definition) is 6. The van der Waals surface area contributed by atoms with Gasteiger partial charge in [-0.05, 0) is 67.1 Å². The van der Waals surface area contributed by atoms with Crippen molar-refractivity contribution in [1.29, 1.82) is 0 Å². The summed E-state index contributed by atoms with van der Waals surface area (Å²) in [5.74, 6) is 0.586. The summed E-state index contributed by atoms with van der Waals surface area (Å²) >= 11 is 0. The average molecular weight is 582 g/mol. The molecule has 3 rings (SSSR count). The molecule has 42 heavy (non-hydrogen) atoms. The maximum absolute atomic E-state index is 13.3. The van der Waals surface area contributed by atoms with Gasteiger partial charge < -0.3 is 29.3 Å². The molecule has 0 atom stereocenters. The predicted octanol–water partition coefficient (Wildman–Crippen LogP) is 6.26. The summed E-state index contributed by atoms with van der Waals surface area (Å²) < 4.78 is 31.3. The largest absolute Gasteiger partial charge is 0.507 e. The van der Waals surface area contributed by atoms with Crippen LogP contribution in [0.5, 0.6) is 23.0 Å². The highest BCUT2D eigenvalue weighted by atomic mass is 19.1. The second kappa shape index (κ2) is 16.2. The summed E-state index contributed by atoms with van der Waals surface area (Å²) in [4.78, 5) is 24.6. The number of nitrogens with zero attached hydrogens (tertiary/aromatic N) is 1. The molecule has 0 aromatic heterocycles. The number of phenolic OH excluding ortho intramolecular Hbond substituents is 1. The van der Waals surface area contributed by atoms with Gasteiger partial charge in [-0.1, -0.05) is 25.1 Å². The molecule has 0 aliphatic carbocycles. The molecule has 0 saturated carbocycles. The number of amides is 1. The van der Waals surface area contributed by atoms with E-state index in [2.05, 4.69) is 0 Å². The van der Waals surface area contributed by atoms with Gasteiger partial charge >= 0.3 is 5.97 Å². The van der Waals surface area contributed by atoms with Crippen LogP contribution in [0.4, 0.5) is 4.39 Å². The molecule has 0 aliphatic heterocycles. The van der Waals surface area contributed by atoms with Crippen molar-refractivity contribution in [2.24, 2.45) is 0 Å². The summed E-state index contributed by atoms with van der Waals surface area (Å²) in [5.41, 5.74) is 2.94. The van der Waals surface area contributed by atoms with Crippen molar-refractivity contribution in [2.45, 2.75) is 51.9 Å². The number of carbonyl (C=O) groups is 2. The lowest BCUT2D eigenvalue weighted by molar-refractivity contribution is -0.137. The molecule has 8 nitrogen and oxygen atoms in total. The SMILES string of the molecule is CCc1cc(-c2ccc(F)cc2)c(O)cc1OCCCOc1cccc(OCCCCC(=O)N(C)C)c1CCC(=O)O. The minimum atomic E-state index is -0.910. The van der Waals surface area contributed by atoms with Crippen molar-refractivity contribution < 1.29 is 38.4 Å². The van der Waals surface area contributed by atoms with Crippen molar-refractivity contribution in [3.8, 4) is 34.1 Å². The molecule has 3 aromatic rings. The fourth-order valence-corrected chi connectivity index (χ4v) is 4.39. The van der Waals surface area contributed by atoms with E-state index in [1.165, 1.54) is 12.1 Å². The Morgan fingerprint density at radius 2 is 1.45 bits per heavy atom. The van der Waals surface area contributed by atoms with E-state index in [4.69, 9.17) is 14.2 Å². The standard InChI is InChI=1S/C33H40FNO7/c1-4-23-21-27(24-12-14-25(34)15-13-24)28(36)22-31(23)42-20-8-19-41-30-10-7-9-29(26(30)16-17-33(38)39)40-18-6-5-11-32(37)35(2)3/h7,9-10,12-15,21-22,36H,4-6,8,11,16-20H2,1-3H3,(H,38,39). The van der Waals surface area contributed by atoms with E-state index < -0.39 is 5.97 Å². The zero-order valence-electron chi connectivity index (χ0n) is 24.5. The smallest absolute Gasteiger partial charge is 0.303 e. The molecule has 2 N–H and O–H groups in total. The minimum Gasteiger partial charge on any atom is -0.507 e. The molecule has 0 spiro atoms. The van der Waals surface area contributed by atoms with Crippen molar-refractivity contribution in [1.82, 2.24) is 4.90 Å². The van der Waals surface area contributed by atoms with Crippen LogP contribution in [0.15, 0.2) is 54.6 Å². The van der Waals surface area contributed by atoms with E-state index >= 15 is 0 Å². The van der Waals surface area contributed by atoms with Gasteiger partial charge in [-0.3, -0.25) is 9.59 Å². The van der Waals surface area contributed by atoms with Gasteiger partial charge in [0.25, 0.3) is 0 Å². The van der Waals surface area contributed by atoms with Crippen molar-refractivity contribution >= 4 is 11.9 Å². The van der Waals surface area contributed by atoms with Crippen LogP contribution in [-0.2, 0) is 22.4 Å². The quantitative estimate of drug-likeness (QED) is 0.181. The van der Waals surface area contributed by atoms with E-state index in [1.54, 1.807) is 55.4 Å². The molecule has 0 aliphatic rings. The summed E-state index contributed by atoms with van der Waals surface area (Å²) in [6.07, 6.45) is 3.28. The van der Waals surface area contributed by atoms with E-state index in [-0.39, 0.29) is 30.3 Å². The Labute approximate surface area is 246 Å². The Kier molecular flexibility index (Phi) is 12.5. The first-order valence-electron chi connectivity index (χ1n) is 14.2. The maximum atomic E-state index is 13.3. The molecule has 0 bridgehead atoms. The number of aryl methyl sites for hydroxylation is 1. The number of halogens is 1. The number of benzene rings is 3. The molecule has 0 unspecified atom stereocenters. The zero-order chi connectivity index (χ0) is 30.5. The molecule has 0 saturated heterocycles. The first-order valence-corrected chi connectivity index (χ1v) is 14.2. The van der Waals surface area contributed by atoms with E-state index in [9.17, 15) is 24.2 Å². The second-order valence-electron chi connectivity index (χ2n) is 10.1. The van der Waals surface area contributed by atoms with Crippen molar-refractivity contribution in [3.05, 3.63) is 71.5 Å². The summed E-state index contributed by atoms with van der Waals surface area (Å²) in [6.45, 7) is 3.07. The van der Waals surface area contributed by atoms with Crippen LogP contribution in [0.1, 0.15) is 50.2 Å². The molecule has 0 heterocycles. The number of carboxylic acids is 1. The first kappa shape index (κ1) is 32.2. The first-order chi connectivity index (χ1) is 20.2. The number of hydrogen-bond donors (Lipinski definition) is 2. The summed E-state index contributed by atoms with van der Waals surface area (Å²) in [5, 5.41) is 19.8. The van der Waals surface area contributed by atoms with Crippen LogP contribution in [0.3, 0.4) is 0 Å². The van der Waals surface area contributed by atoms with E-state index in [0.717, 1.165) is 5.56 Å². The highest BCUT2D eigenvalue weighted by molar-refractivity contribution is 5.75. The highest BCUT2D eigenvalue weighted by Crippen LogP contribution is 2.36. The van der Waals surface area contributed by atoms with Gasteiger partial charge in [0, 0.05) is 50.6 Å². The van der Waals surface area contributed by atoms with Crippen LogP contribution in [0.25, 0.3) is 11.1 Å². The van der Waals surface area contributed by atoms with E-state index in [0.29, 0.717) is 85.9 Å². The number of carbonyl (C=O) groups excluding carboxylic acids is 1. The minimum absolute atomic E-state index is 0.0502. The van der Waals surface area contributed by atoms with Gasteiger partial charge in [0.15, 0.2) is 0 Å². The van der Waals surface area contributed by atoms with Gasteiger partial charge in [-0.2, -0.15) is 0 Å². The Morgan fingerprint density at radius 1 is 0.833 bits per heavy atom. The Balaban J connectivity index is 1.57. The van der Waals surface area contributed by atoms with Crippen molar-refractivity contribution in [3.63, 3.8) is 0 Å². The Bertz CT molecular complexity index is 1320. The molecule has 0 fully saturated rings. The third-order valence-corrected chi connectivity index (χ3v) is 6.74. The third-order valence-electron chi connectivity index (χ3n) is 6.74. The maximum Gasteiger partial charge on any atom is 0.303 e. The van der Waals surface area contributed by atoms with Gasteiger partial charge in [0.1, 0.15) is 28.8 Å². The zero-order valence-corrected chi connectivity index (χ0v) is 24.5. The lowest BCUT2D eigenvalue weighted by atomic mass is 10.00. The van der Waals surface area contributed by atoms with Crippen LogP contribution < -0.4 is 14.2 Å². The molecule has 226 valence electrons. The number of phenols is 1. The van der Waals surface area contributed by atoms with Crippen LogP contribution >= 0.6 is 0 Å². The molecule has 3 aromatic carbocycles. The van der Waals surface area contributed by atoms with Crippen LogP contribution in [-0.4, -0.2) is 60.9 Å². The van der Waals surface area contributed by atoms with Crippen LogP contribution in [0.2, 0.25) is 0 Å². The third kappa shape index (κ3) is 9.68. The number of aliphatic carboxylic acids is 1. The second-order valence-corrected chi connectivity index (χ2v) is 10.1. The fraction of sp³-hybridized carbons (Fsp3) is 0.394. The monoisotopic (exact) mass is 581 g/mol. The fourth-order valence-electron chi connectivity index (χ4n) is 4.39. The summed E-state index contributed by atoms with van der Waals surface area (Å²) in [7, 11) is 3.46. The highest BCUT2D eigenvalue weighted by Gasteiger charge is 2.15. The molecule has 1 amide bonds. The number of aromatic hydroxyl groups is 1. The lowest BCUT2D eigenvalue weighted by Crippen LogP contribution is -2.21. The number of rotatable bonds is 17. The summed E-state index contributed by atoms with van der Waals surface area (Å²) in [6, 6.07) is 14.8. The number of ether oxygens (including phenoxy) is 3. The average Bonchev–Trinajstić information content (AvgIpc) is 2.96. The van der Waals surface area contributed by atoms with Crippen LogP contribution in [0, 0.1) is 5.82 Å². The van der Waals surface area contributed by atoms with Crippen molar-refractivity contribution in [2.75, 3.05) is 33.9 Å². The Morgan fingerprint density at radius 3 is 2.05 bits per heavy atom. The normalized spacial score (nSPS) is 10.8. The van der Waals surface area contributed by atoms with Gasteiger partial charge in [-0.25, -0.2) is 4.39 Å². The van der Waals surface area contributed by atoms with Gasteiger partial charge in [0.2, 0.25) is 5.91 Å². The predicted molar refractivity (Wildman–Crippen MR) is 159 cm³/mol. The lowest BCUT2D eigenvalue weighted by Gasteiger charge is -2.17. The van der Waals surface area contributed by atoms with E-state index in [1.807, 2.05) is 13.0 Å².